The normalized spacial score (nSPS) is 25.3. The molecule has 0 aromatic heterocycles. The fourth-order valence-corrected chi connectivity index (χ4v) is 3.55. The molecule has 1 fully saturated rings. The highest BCUT2D eigenvalue weighted by molar-refractivity contribution is 5.85. The first kappa shape index (κ1) is 18.0. The average Bonchev–Trinajstić information content (AvgIpc) is 2.91. The van der Waals surface area contributed by atoms with Gasteiger partial charge in [-0.2, -0.15) is 0 Å². The third-order valence-electron chi connectivity index (χ3n) is 4.88. The molecule has 1 amide bonds. The van der Waals surface area contributed by atoms with Crippen molar-refractivity contribution < 1.29 is 19.8 Å². The number of rotatable bonds is 8. The third kappa shape index (κ3) is 4.19. The molecule has 0 spiro atoms. The lowest BCUT2D eigenvalue weighted by Crippen LogP contribution is -2.46. The van der Waals surface area contributed by atoms with Gasteiger partial charge in [-0.25, -0.2) is 0 Å². The van der Waals surface area contributed by atoms with E-state index in [-0.39, 0.29) is 18.6 Å². The molecule has 0 aliphatic heterocycles. The summed E-state index contributed by atoms with van der Waals surface area (Å²) in [4.78, 5) is 26.0. The van der Waals surface area contributed by atoms with Gasteiger partial charge in [0.05, 0.1) is 18.4 Å². The van der Waals surface area contributed by atoms with Gasteiger partial charge in [0, 0.05) is 12.6 Å². The average molecular weight is 299 g/mol. The summed E-state index contributed by atoms with van der Waals surface area (Å²) >= 11 is 0. The van der Waals surface area contributed by atoms with Crippen LogP contribution >= 0.6 is 0 Å². The lowest BCUT2D eigenvalue weighted by molar-refractivity contribution is -0.150. The Labute approximate surface area is 127 Å². The number of amides is 1. The molecule has 0 saturated heterocycles. The van der Waals surface area contributed by atoms with Crippen molar-refractivity contribution in [2.45, 2.75) is 58.9 Å². The van der Waals surface area contributed by atoms with Crippen LogP contribution in [0.2, 0.25) is 0 Å². The summed E-state index contributed by atoms with van der Waals surface area (Å²) in [7, 11) is 0. The SMILES string of the molecule is CCC1CC(C(=O)O)C(C(=O)N(CCO)C(CC)CC)C1. The standard InChI is InChI=1S/C16H29NO4/c1-4-11-9-13(14(10-11)16(20)21)15(19)17(7-8-18)12(5-2)6-3/h11-14,18H,4-10H2,1-3H3,(H,20,21). The monoisotopic (exact) mass is 299 g/mol. The van der Waals surface area contributed by atoms with Gasteiger partial charge in [-0.15, -0.1) is 0 Å². The Morgan fingerprint density at radius 3 is 2.14 bits per heavy atom. The quantitative estimate of drug-likeness (QED) is 0.720. The highest BCUT2D eigenvalue weighted by atomic mass is 16.4. The van der Waals surface area contributed by atoms with Gasteiger partial charge < -0.3 is 15.1 Å². The van der Waals surface area contributed by atoms with Gasteiger partial charge in [-0.05, 0) is 31.6 Å². The fourth-order valence-electron chi connectivity index (χ4n) is 3.55. The summed E-state index contributed by atoms with van der Waals surface area (Å²) in [5, 5.41) is 18.6. The van der Waals surface area contributed by atoms with Crippen molar-refractivity contribution >= 4 is 11.9 Å². The van der Waals surface area contributed by atoms with E-state index in [9.17, 15) is 19.8 Å². The zero-order valence-corrected chi connectivity index (χ0v) is 13.4. The minimum absolute atomic E-state index is 0.0795. The molecule has 0 heterocycles. The maximum atomic E-state index is 12.8. The van der Waals surface area contributed by atoms with Crippen LogP contribution in [0.3, 0.4) is 0 Å². The number of carbonyl (C=O) groups is 2. The first-order chi connectivity index (χ1) is 9.99. The molecule has 1 aliphatic carbocycles. The number of aliphatic carboxylic acids is 1. The second-order valence-corrected chi connectivity index (χ2v) is 6.02. The summed E-state index contributed by atoms with van der Waals surface area (Å²) in [6, 6.07) is 0.0831. The van der Waals surface area contributed by atoms with E-state index in [0.29, 0.717) is 25.3 Å². The molecular weight excluding hydrogens is 270 g/mol. The van der Waals surface area contributed by atoms with Crippen molar-refractivity contribution in [3.8, 4) is 0 Å². The maximum Gasteiger partial charge on any atom is 0.307 e. The third-order valence-corrected chi connectivity index (χ3v) is 4.88. The van der Waals surface area contributed by atoms with Crippen LogP contribution in [0.1, 0.15) is 52.9 Å². The molecule has 1 aliphatic rings. The van der Waals surface area contributed by atoms with E-state index in [1.165, 1.54) is 0 Å². The van der Waals surface area contributed by atoms with Gasteiger partial charge in [0.1, 0.15) is 0 Å². The van der Waals surface area contributed by atoms with Gasteiger partial charge in [-0.3, -0.25) is 9.59 Å². The number of nitrogens with zero attached hydrogens (tertiary/aromatic N) is 1. The van der Waals surface area contributed by atoms with Gasteiger partial charge in [0.25, 0.3) is 0 Å². The number of carbonyl (C=O) groups excluding carboxylic acids is 1. The Hall–Kier alpha value is -1.10. The van der Waals surface area contributed by atoms with Gasteiger partial charge in [0.2, 0.25) is 5.91 Å². The topological polar surface area (TPSA) is 77.8 Å². The zero-order chi connectivity index (χ0) is 16.0. The number of carboxylic acid groups (broad SMARTS) is 1. The molecule has 1 rings (SSSR count). The molecule has 1 saturated carbocycles. The van der Waals surface area contributed by atoms with Crippen molar-refractivity contribution in [1.29, 1.82) is 0 Å². The van der Waals surface area contributed by atoms with E-state index in [1.54, 1.807) is 4.90 Å². The number of aliphatic hydroxyl groups excluding tert-OH is 1. The van der Waals surface area contributed by atoms with Crippen LogP contribution in [0.4, 0.5) is 0 Å². The Kier molecular flexibility index (Phi) is 7.15. The molecule has 0 radical (unpaired) electrons. The second kappa shape index (κ2) is 8.37. The Morgan fingerprint density at radius 1 is 1.14 bits per heavy atom. The summed E-state index contributed by atoms with van der Waals surface area (Å²) in [6.07, 6.45) is 3.82. The number of aliphatic hydroxyl groups is 1. The summed E-state index contributed by atoms with van der Waals surface area (Å²) < 4.78 is 0. The highest BCUT2D eigenvalue weighted by Crippen LogP contribution is 2.39. The number of hydrogen-bond acceptors (Lipinski definition) is 3. The van der Waals surface area contributed by atoms with Crippen molar-refractivity contribution in [3.63, 3.8) is 0 Å². The molecule has 0 aromatic carbocycles. The summed E-state index contributed by atoms with van der Waals surface area (Å²) in [6.45, 7) is 6.30. The molecule has 5 nitrogen and oxygen atoms in total. The van der Waals surface area contributed by atoms with Gasteiger partial charge >= 0.3 is 5.97 Å². The van der Waals surface area contributed by atoms with Crippen LogP contribution in [0.15, 0.2) is 0 Å². The number of hydrogen-bond donors (Lipinski definition) is 2. The smallest absolute Gasteiger partial charge is 0.307 e. The predicted molar refractivity (Wildman–Crippen MR) is 80.8 cm³/mol. The fraction of sp³-hybridized carbons (Fsp3) is 0.875. The first-order valence-corrected chi connectivity index (χ1v) is 8.14. The predicted octanol–water partition coefficient (Wildman–Crippen LogP) is 2.13. The van der Waals surface area contributed by atoms with E-state index in [4.69, 9.17) is 0 Å². The summed E-state index contributed by atoms with van der Waals surface area (Å²) in [5.41, 5.74) is 0. The van der Waals surface area contributed by atoms with Gasteiger partial charge in [-0.1, -0.05) is 27.2 Å². The lowest BCUT2D eigenvalue weighted by Gasteiger charge is -2.33. The van der Waals surface area contributed by atoms with E-state index in [1.807, 2.05) is 20.8 Å². The molecule has 3 atom stereocenters. The maximum absolute atomic E-state index is 12.8. The van der Waals surface area contributed by atoms with Crippen molar-refractivity contribution in [2.24, 2.45) is 17.8 Å². The van der Waals surface area contributed by atoms with Crippen LogP contribution in [0.25, 0.3) is 0 Å². The Bertz CT molecular complexity index is 354. The van der Waals surface area contributed by atoms with Crippen molar-refractivity contribution in [3.05, 3.63) is 0 Å². The molecular formula is C16H29NO4. The Morgan fingerprint density at radius 2 is 1.71 bits per heavy atom. The van der Waals surface area contributed by atoms with E-state index in [0.717, 1.165) is 19.3 Å². The molecule has 3 unspecified atom stereocenters. The zero-order valence-electron chi connectivity index (χ0n) is 13.4. The highest BCUT2D eigenvalue weighted by Gasteiger charge is 2.44. The van der Waals surface area contributed by atoms with Crippen molar-refractivity contribution in [2.75, 3.05) is 13.2 Å². The Balaban J connectivity index is 2.92. The molecule has 122 valence electrons. The second-order valence-electron chi connectivity index (χ2n) is 6.02. The molecule has 2 N–H and O–H groups in total. The van der Waals surface area contributed by atoms with Gasteiger partial charge in [0.15, 0.2) is 0 Å². The lowest BCUT2D eigenvalue weighted by atomic mass is 9.93. The van der Waals surface area contributed by atoms with Crippen LogP contribution in [-0.4, -0.2) is 46.2 Å². The van der Waals surface area contributed by atoms with E-state index in [2.05, 4.69) is 0 Å². The van der Waals surface area contributed by atoms with E-state index >= 15 is 0 Å². The van der Waals surface area contributed by atoms with Crippen LogP contribution in [-0.2, 0) is 9.59 Å². The van der Waals surface area contributed by atoms with Crippen molar-refractivity contribution in [1.82, 2.24) is 4.90 Å². The van der Waals surface area contributed by atoms with Crippen LogP contribution in [0.5, 0.6) is 0 Å². The molecule has 21 heavy (non-hydrogen) atoms. The minimum Gasteiger partial charge on any atom is -0.481 e. The summed E-state index contributed by atoms with van der Waals surface area (Å²) in [5.74, 6) is -1.63. The van der Waals surface area contributed by atoms with Crippen LogP contribution < -0.4 is 0 Å². The van der Waals surface area contributed by atoms with E-state index < -0.39 is 17.8 Å². The largest absolute Gasteiger partial charge is 0.481 e. The molecule has 0 bridgehead atoms. The molecule has 5 heteroatoms. The molecule has 0 aromatic rings. The minimum atomic E-state index is -0.863. The first-order valence-electron chi connectivity index (χ1n) is 8.14. The van der Waals surface area contributed by atoms with Crippen LogP contribution in [0, 0.1) is 17.8 Å². The number of carboxylic acids is 1.